The highest BCUT2D eigenvalue weighted by Crippen LogP contribution is 2.28. The lowest BCUT2D eigenvalue weighted by molar-refractivity contribution is 0.0244. The van der Waals surface area contributed by atoms with E-state index in [1.165, 1.54) is 24.3 Å². The fourth-order valence-corrected chi connectivity index (χ4v) is 2.30. The zero-order chi connectivity index (χ0) is 10.3. The maximum atomic E-state index is 5.38. The van der Waals surface area contributed by atoms with E-state index in [0.717, 1.165) is 26.3 Å². The SMILES string of the molecule is CCSCCNCC1(C)CCOCC1. The summed E-state index contributed by atoms with van der Waals surface area (Å²) in [6, 6.07) is 0. The largest absolute Gasteiger partial charge is 0.381 e. The number of nitrogens with one attached hydrogen (secondary N) is 1. The van der Waals surface area contributed by atoms with Crippen LogP contribution in [0.4, 0.5) is 0 Å². The average Bonchev–Trinajstić information content (AvgIpc) is 2.18. The van der Waals surface area contributed by atoms with Crippen molar-refractivity contribution in [2.24, 2.45) is 5.41 Å². The number of thioether (sulfide) groups is 1. The van der Waals surface area contributed by atoms with Gasteiger partial charge in [0.2, 0.25) is 0 Å². The topological polar surface area (TPSA) is 21.3 Å². The van der Waals surface area contributed by atoms with Crippen LogP contribution in [0.25, 0.3) is 0 Å². The second-order valence-electron chi connectivity index (χ2n) is 4.30. The van der Waals surface area contributed by atoms with Gasteiger partial charge in [0.1, 0.15) is 0 Å². The van der Waals surface area contributed by atoms with Crippen LogP contribution in [-0.4, -0.2) is 37.8 Å². The summed E-state index contributed by atoms with van der Waals surface area (Å²) in [5, 5.41) is 3.55. The summed E-state index contributed by atoms with van der Waals surface area (Å²) < 4.78 is 5.38. The van der Waals surface area contributed by atoms with Crippen LogP contribution in [0, 0.1) is 5.41 Å². The molecule has 1 saturated heterocycles. The number of rotatable bonds is 6. The first kappa shape index (κ1) is 12.3. The van der Waals surface area contributed by atoms with E-state index >= 15 is 0 Å². The smallest absolute Gasteiger partial charge is 0.0471 e. The summed E-state index contributed by atoms with van der Waals surface area (Å²) in [4.78, 5) is 0. The van der Waals surface area contributed by atoms with Gasteiger partial charge in [0, 0.05) is 32.1 Å². The molecule has 0 saturated carbocycles. The Kier molecular flexibility index (Phi) is 5.90. The Labute approximate surface area is 92.2 Å². The lowest BCUT2D eigenvalue weighted by Gasteiger charge is -2.33. The van der Waals surface area contributed by atoms with Gasteiger partial charge in [-0.2, -0.15) is 11.8 Å². The quantitative estimate of drug-likeness (QED) is 0.689. The molecule has 0 radical (unpaired) electrons. The van der Waals surface area contributed by atoms with E-state index in [0.29, 0.717) is 5.41 Å². The van der Waals surface area contributed by atoms with Crippen LogP contribution >= 0.6 is 11.8 Å². The zero-order valence-corrected chi connectivity index (χ0v) is 10.3. The van der Waals surface area contributed by atoms with Crippen LogP contribution in [0.1, 0.15) is 26.7 Å². The lowest BCUT2D eigenvalue weighted by atomic mass is 9.82. The highest BCUT2D eigenvalue weighted by Gasteiger charge is 2.26. The molecule has 3 heteroatoms. The van der Waals surface area contributed by atoms with Crippen molar-refractivity contribution in [3.05, 3.63) is 0 Å². The number of hydrogen-bond donors (Lipinski definition) is 1. The van der Waals surface area contributed by atoms with Crippen LogP contribution in [0.15, 0.2) is 0 Å². The van der Waals surface area contributed by atoms with Gasteiger partial charge in [0.05, 0.1) is 0 Å². The van der Waals surface area contributed by atoms with E-state index in [4.69, 9.17) is 4.74 Å². The van der Waals surface area contributed by atoms with Crippen LogP contribution in [0.3, 0.4) is 0 Å². The average molecular weight is 217 g/mol. The van der Waals surface area contributed by atoms with Gasteiger partial charge < -0.3 is 10.1 Å². The van der Waals surface area contributed by atoms with E-state index in [2.05, 4.69) is 19.2 Å². The van der Waals surface area contributed by atoms with Crippen molar-refractivity contribution >= 4 is 11.8 Å². The summed E-state index contributed by atoms with van der Waals surface area (Å²) in [5.41, 5.74) is 0.481. The molecule has 1 aliphatic rings. The number of hydrogen-bond acceptors (Lipinski definition) is 3. The van der Waals surface area contributed by atoms with E-state index in [1.807, 2.05) is 11.8 Å². The molecule has 2 nitrogen and oxygen atoms in total. The molecule has 1 N–H and O–H groups in total. The number of ether oxygens (including phenoxy) is 1. The third-order valence-corrected chi connectivity index (χ3v) is 3.78. The Morgan fingerprint density at radius 3 is 2.71 bits per heavy atom. The van der Waals surface area contributed by atoms with Gasteiger partial charge in [-0.3, -0.25) is 0 Å². The molecule has 1 fully saturated rings. The van der Waals surface area contributed by atoms with Crippen molar-refractivity contribution in [2.45, 2.75) is 26.7 Å². The first-order valence-electron chi connectivity index (χ1n) is 5.63. The van der Waals surface area contributed by atoms with Gasteiger partial charge in [0.25, 0.3) is 0 Å². The Bertz CT molecular complexity index is 146. The third-order valence-electron chi connectivity index (χ3n) is 2.88. The molecule has 0 aromatic rings. The van der Waals surface area contributed by atoms with Gasteiger partial charge in [-0.25, -0.2) is 0 Å². The monoisotopic (exact) mass is 217 g/mol. The first-order chi connectivity index (χ1) is 6.77. The highest BCUT2D eigenvalue weighted by atomic mass is 32.2. The second kappa shape index (κ2) is 6.70. The minimum absolute atomic E-state index is 0.481. The molecule has 84 valence electrons. The molecule has 0 aromatic carbocycles. The molecular formula is C11H23NOS. The maximum Gasteiger partial charge on any atom is 0.0471 e. The minimum Gasteiger partial charge on any atom is -0.381 e. The van der Waals surface area contributed by atoms with E-state index in [9.17, 15) is 0 Å². The predicted molar refractivity (Wildman–Crippen MR) is 64.0 cm³/mol. The van der Waals surface area contributed by atoms with Gasteiger partial charge in [0.15, 0.2) is 0 Å². The van der Waals surface area contributed by atoms with Crippen LogP contribution in [-0.2, 0) is 4.74 Å². The van der Waals surface area contributed by atoms with Crippen LogP contribution in [0.2, 0.25) is 0 Å². The molecule has 0 amide bonds. The molecule has 1 aliphatic heterocycles. The first-order valence-corrected chi connectivity index (χ1v) is 6.78. The van der Waals surface area contributed by atoms with E-state index in [1.54, 1.807) is 0 Å². The fraction of sp³-hybridized carbons (Fsp3) is 1.00. The maximum absolute atomic E-state index is 5.38. The van der Waals surface area contributed by atoms with Gasteiger partial charge >= 0.3 is 0 Å². The summed E-state index contributed by atoms with van der Waals surface area (Å²) in [6.07, 6.45) is 2.42. The van der Waals surface area contributed by atoms with Crippen molar-refractivity contribution in [1.82, 2.24) is 5.32 Å². The van der Waals surface area contributed by atoms with Crippen LogP contribution in [0.5, 0.6) is 0 Å². The molecule has 0 unspecified atom stereocenters. The van der Waals surface area contributed by atoms with Crippen molar-refractivity contribution < 1.29 is 4.74 Å². The van der Waals surface area contributed by atoms with E-state index < -0.39 is 0 Å². The minimum atomic E-state index is 0.481. The van der Waals surface area contributed by atoms with E-state index in [-0.39, 0.29) is 0 Å². The standard InChI is InChI=1S/C11H23NOS/c1-3-14-9-6-12-10-11(2)4-7-13-8-5-11/h12H,3-10H2,1-2H3. The summed E-state index contributed by atoms with van der Waals surface area (Å²) in [5.74, 6) is 2.47. The van der Waals surface area contributed by atoms with Gasteiger partial charge in [-0.05, 0) is 24.0 Å². The Hall–Kier alpha value is 0.270. The lowest BCUT2D eigenvalue weighted by Crippen LogP contribution is -2.37. The summed E-state index contributed by atoms with van der Waals surface area (Å²) in [6.45, 7) is 8.78. The van der Waals surface area contributed by atoms with Crippen LogP contribution < -0.4 is 5.32 Å². The molecule has 0 aromatic heterocycles. The molecule has 0 spiro atoms. The highest BCUT2D eigenvalue weighted by molar-refractivity contribution is 7.99. The molecule has 0 atom stereocenters. The molecule has 14 heavy (non-hydrogen) atoms. The van der Waals surface area contributed by atoms with Gasteiger partial charge in [-0.15, -0.1) is 0 Å². The third kappa shape index (κ3) is 4.67. The Morgan fingerprint density at radius 2 is 2.07 bits per heavy atom. The molecule has 1 rings (SSSR count). The normalized spacial score (nSPS) is 21.0. The molecule has 0 bridgehead atoms. The van der Waals surface area contributed by atoms with Crippen molar-refractivity contribution in [2.75, 3.05) is 37.8 Å². The summed E-state index contributed by atoms with van der Waals surface area (Å²) >= 11 is 2.01. The van der Waals surface area contributed by atoms with Gasteiger partial charge in [-0.1, -0.05) is 13.8 Å². The molecule has 0 aliphatic carbocycles. The Balaban J connectivity index is 2.03. The molecule has 1 heterocycles. The predicted octanol–water partition coefficient (Wildman–Crippen LogP) is 2.15. The van der Waals surface area contributed by atoms with Crippen molar-refractivity contribution in [3.8, 4) is 0 Å². The second-order valence-corrected chi connectivity index (χ2v) is 5.69. The molecular weight excluding hydrogens is 194 g/mol. The fourth-order valence-electron chi connectivity index (χ4n) is 1.72. The summed E-state index contributed by atoms with van der Waals surface area (Å²) in [7, 11) is 0. The van der Waals surface area contributed by atoms with Crippen molar-refractivity contribution in [1.29, 1.82) is 0 Å². The zero-order valence-electron chi connectivity index (χ0n) is 9.47. The van der Waals surface area contributed by atoms with Crippen molar-refractivity contribution in [3.63, 3.8) is 0 Å². The Morgan fingerprint density at radius 1 is 1.36 bits per heavy atom.